The van der Waals surface area contributed by atoms with E-state index in [1.54, 1.807) is 13.3 Å². The lowest BCUT2D eigenvalue weighted by molar-refractivity contribution is 0.364. The van der Waals surface area contributed by atoms with Crippen LogP contribution in [-0.4, -0.2) is 42.3 Å². The van der Waals surface area contributed by atoms with Crippen LogP contribution < -0.4 is 15.0 Å². The summed E-state index contributed by atoms with van der Waals surface area (Å²) in [5, 5.41) is 3.92. The van der Waals surface area contributed by atoms with Crippen molar-refractivity contribution in [2.45, 2.75) is 19.4 Å². The fraction of sp³-hybridized carbons (Fsp3) is 0.636. The van der Waals surface area contributed by atoms with E-state index < -0.39 is 0 Å². The van der Waals surface area contributed by atoms with E-state index in [4.69, 9.17) is 16.3 Å². The molecule has 0 bridgehead atoms. The molecule has 0 amide bonds. The summed E-state index contributed by atoms with van der Waals surface area (Å²) in [5.74, 6) is 0.741. The van der Waals surface area contributed by atoms with Crippen LogP contribution in [0, 0.1) is 0 Å². The van der Waals surface area contributed by atoms with Crippen molar-refractivity contribution in [3.8, 4) is 6.01 Å². The molecule has 6 heteroatoms. The van der Waals surface area contributed by atoms with Gasteiger partial charge in [-0.3, -0.25) is 0 Å². The minimum atomic E-state index is -0.0265. The average molecular weight is 257 g/mol. The van der Waals surface area contributed by atoms with Crippen LogP contribution in [0.1, 0.15) is 13.8 Å². The maximum Gasteiger partial charge on any atom is 0.318 e. The largest absolute Gasteiger partial charge is 0.467 e. The molecule has 0 saturated carbocycles. The first-order valence-electron chi connectivity index (χ1n) is 5.59. The highest BCUT2D eigenvalue weighted by molar-refractivity contribution is 6.32. The van der Waals surface area contributed by atoms with E-state index in [1.165, 1.54) is 0 Å². The zero-order valence-electron chi connectivity index (χ0n) is 10.3. The van der Waals surface area contributed by atoms with E-state index in [1.807, 2.05) is 0 Å². The lowest BCUT2D eigenvalue weighted by Crippen LogP contribution is -2.58. The summed E-state index contributed by atoms with van der Waals surface area (Å²) < 4.78 is 5.05. The molecule has 0 atom stereocenters. The number of methoxy groups -OCH3 is 1. The normalized spacial score (nSPS) is 19.2. The Kier molecular flexibility index (Phi) is 3.40. The molecule has 0 spiro atoms. The Labute approximate surface area is 106 Å². The highest BCUT2D eigenvalue weighted by Gasteiger charge is 2.32. The summed E-state index contributed by atoms with van der Waals surface area (Å²) in [6.07, 6.45) is 1.58. The van der Waals surface area contributed by atoms with Crippen molar-refractivity contribution in [3.63, 3.8) is 0 Å². The van der Waals surface area contributed by atoms with Gasteiger partial charge < -0.3 is 15.0 Å². The molecular weight excluding hydrogens is 240 g/mol. The Balaban J connectivity index is 2.37. The molecule has 0 aromatic carbocycles. The minimum absolute atomic E-state index is 0.0265. The Hall–Kier alpha value is -1.07. The molecule has 0 radical (unpaired) electrons. The second-order valence-corrected chi connectivity index (χ2v) is 5.08. The van der Waals surface area contributed by atoms with Gasteiger partial charge >= 0.3 is 6.01 Å². The number of aromatic nitrogens is 2. The summed E-state index contributed by atoms with van der Waals surface area (Å²) in [6, 6.07) is 0.346. The van der Waals surface area contributed by atoms with Gasteiger partial charge in [0, 0.05) is 25.2 Å². The van der Waals surface area contributed by atoms with E-state index in [0.717, 1.165) is 25.5 Å². The molecule has 17 heavy (non-hydrogen) atoms. The first-order chi connectivity index (χ1) is 8.04. The van der Waals surface area contributed by atoms with Crippen molar-refractivity contribution in [2.24, 2.45) is 0 Å². The van der Waals surface area contributed by atoms with Gasteiger partial charge in [-0.25, -0.2) is 4.98 Å². The number of anilines is 1. The van der Waals surface area contributed by atoms with Crippen molar-refractivity contribution >= 4 is 17.4 Å². The van der Waals surface area contributed by atoms with Crippen molar-refractivity contribution in [2.75, 3.05) is 31.6 Å². The lowest BCUT2D eigenvalue weighted by atomic mass is 10.0. The zero-order valence-corrected chi connectivity index (χ0v) is 11.1. The van der Waals surface area contributed by atoms with Crippen molar-refractivity contribution < 1.29 is 4.74 Å². The molecular formula is C11H17ClN4O. The third-order valence-electron chi connectivity index (χ3n) is 2.94. The fourth-order valence-electron chi connectivity index (χ4n) is 2.01. The van der Waals surface area contributed by atoms with Gasteiger partial charge in [0.2, 0.25) is 0 Å². The summed E-state index contributed by atoms with van der Waals surface area (Å²) in [4.78, 5) is 10.5. The van der Waals surface area contributed by atoms with Crippen LogP contribution in [0.3, 0.4) is 0 Å². The molecule has 2 heterocycles. The summed E-state index contributed by atoms with van der Waals surface area (Å²) >= 11 is 6.17. The van der Waals surface area contributed by atoms with E-state index in [-0.39, 0.29) is 5.54 Å². The molecule has 1 fully saturated rings. The molecule has 2 rings (SSSR count). The van der Waals surface area contributed by atoms with Crippen molar-refractivity contribution in [1.29, 1.82) is 0 Å². The SMILES string of the molecule is COc1ncc(Cl)c(N2CCNCC2(C)C)n1. The first kappa shape index (κ1) is 12.4. The van der Waals surface area contributed by atoms with Gasteiger partial charge in [0.15, 0.2) is 5.82 Å². The van der Waals surface area contributed by atoms with E-state index in [2.05, 4.69) is 34.0 Å². The molecule has 0 aliphatic carbocycles. The number of piperazine rings is 1. The molecule has 0 unspecified atom stereocenters. The molecule has 1 N–H and O–H groups in total. The van der Waals surface area contributed by atoms with Crippen LogP contribution in [0.25, 0.3) is 0 Å². The Morgan fingerprint density at radius 1 is 1.53 bits per heavy atom. The van der Waals surface area contributed by atoms with Gasteiger partial charge in [0.1, 0.15) is 5.02 Å². The molecule has 1 saturated heterocycles. The van der Waals surface area contributed by atoms with Crippen LogP contribution in [0.2, 0.25) is 5.02 Å². The van der Waals surface area contributed by atoms with Gasteiger partial charge in [0.05, 0.1) is 13.3 Å². The van der Waals surface area contributed by atoms with Crippen molar-refractivity contribution in [3.05, 3.63) is 11.2 Å². The summed E-state index contributed by atoms with van der Waals surface area (Å²) in [5.41, 5.74) is -0.0265. The smallest absolute Gasteiger partial charge is 0.318 e. The number of rotatable bonds is 2. The summed E-state index contributed by atoms with van der Waals surface area (Å²) in [6.45, 7) is 7.00. The fourth-order valence-corrected chi connectivity index (χ4v) is 2.20. The third-order valence-corrected chi connectivity index (χ3v) is 3.21. The van der Waals surface area contributed by atoms with Gasteiger partial charge in [-0.2, -0.15) is 4.98 Å². The number of hydrogen-bond acceptors (Lipinski definition) is 5. The quantitative estimate of drug-likeness (QED) is 0.865. The van der Waals surface area contributed by atoms with E-state index in [9.17, 15) is 0 Å². The number of ether oxygens (including phenoxy) is 1. The second kappa shape index (κ2) is 4.66. The van der Waals surface area contributed by atoms with Crippen molar-refractivity contribution in [1.82, 2.24) is 15.3 Å². The maximum atomic E-state index is 6.17. The lowest BCUT2D eigenvalue weighted by Gasteiger charge is -2.43. The Morgan fingerprint density at radius 2 is 2.29 bits per heavy atom. The topological polar surface area (TPSA) is 50.3 Å². The predicted molar refractivity (Wildman–Crippen MR) is 67.9 cm³/mol. The minimum Gasteiger partial charge on any atom is -0.467 e. The van der Waals surface area contributed by atoms with Gasteiger partial charge in [-0.05, 0) is 13.8 Å². The number of nitrogens with one attached hydrogen (secondary N) is 1. The van der Waals surface area contributed by atoms with Crippen LogP contribution in [-0.2, 0) is 0 Å². The first-order valence-corrected chi connectivity index (χ1v) is 5.97. The predicted octanol–water partition coefficient (Wildman–Crippen LogP) is 1.33. The Bertz CT molecular complexity index is 410. The molecule has 94 valence electrons. The molecule has 1 aromatic rings. The van der Waals surface area contributed by atoms with Gasteiger partial charge in [-0.1, -0.05) is 11.6 Å². The van der Waals surface area contributed by atoms with Gasteiger partial charge in [0.25, 0.3) is 0 Å². The molecule has 1 aliphatic rings. The maximum absolute atomic E-state index is 6.17. The molecule has 1 aliphatic heterocycles. The standard InChI is InChI=1S/C11H17ClN4O/c1-11(2)7-13-4-5-16(11)9-8(12)6-14-10(15-9)17-3/h6,13H,4-5,7H2,1-3H3. The second-order valence-electron chi connectivity index (χ2n) is 4.67. The van der Waals surface area contributed by atoms with Gasteiger partial charge in [-0.15, -0.1) is 0 Å². The number of nitrogens with zero attached hydrogens (tertiary/aromatic N) is 3. The summed E-state index contributed by atoms with van der Waals surface area (Å²) in [7, 11) is 1.55. The molecule has 5 nitrogen and oxygen atoms in total. The van der Waals surface area contributed by atoms with Crippen LogP contribution in [0.15, 0.2) is 6.20 Å². The average Bonchev–Trinajstić information content (AvgIpc) is 2.30. The monoisotopic (exact) mass is 256 g/mol. The highest BCUT2D eigenvalue weighted by Crippen LogP contribution is 2.30. The number of hydrogen-bond donors (Lipinski definition) is 1. The third kappa shape index (κ3) is 2.45. The van der Waals surface area contributed by atoms with Crippen LogP contribution >= 0.6 is 11.6 Å². The molecule has 1 aromatic heterocycles. The van der Waals surface area contributed by atoms with E-state index in [0.29, 0.717) is 11.0 Å². The van der Waals surface area contributed by atoms with Crippen LogP contribution in [0.4, 0.5) is 5.82 Å². The Morgan fingerprint density at radius 3 is 2.94 bits per heavy atom. The number of halogens is 1. The van der Waals surface area contributed by atoms with Crippen LogP contribution in [0.5, 0.6) is 6.01 Å². The zero-order chi connectivity index (χ0) is 12.5. The van der Waals surface area contributed by atoms with E-state index >= 15 is 0 Å². The highest BCUT2D eigenvalue weighted by atomic mass is 35.5.